The van der Waals surface area contributed by atoms with Gasteiger partial charge in [-0.25, -0.2) is 9.18 Å². The summed E-state index contributed by atoms with van der Waals surface area (Å²) in [5.41, 5.74) is 0. The Kier molecular flexibility index (Phi) is 4.54. The van der Waals surface area contributed by atoms with Crippen molar-refractivity contribution >= 4 is 11.3 Å². The molecule has 120 valence electrons. The number of halogens is 1. The Hall–Kier alpha value is -2.45. The molecule has 1 atom stereocenters. The highest BCUT2D eigenvalue weighted by Gasteiger charge is 2.15. The van der Waals surface area contributed by atoms with Gasteiger partial charge in [-0.15, -0.1) is 16.4 Å². The molecule has 0 spiro atoms. The molecule has 0 radical (unpaired) electrons. The molecule has 0 bridgehead atoms. The lowest BCUT2D eigenvalue weighted by molar-refractivity contribution is 0.0856. The van der Waals surface area contributed by atoms with Gasteiger partial charge in [0.15, 0.2) is 11.6 Å². The molecule has 0 saturated carbocycles. The van der Waals surface area contributed by atoms with Crippen LogP contribution in [0.5, 0.6) is 5.75 Å². The zero-order valence-electron chi connectivity index (χ0n) is 11.9. The van der Waals surface area contributed by atoms with Crippen LogP contribution in [0.3, 0.4) is 0 Å². The third kappa shape index (κ3) is 3.66. The fraction of sp³-hybridized carbons (Fsp3) is 0.200. The van der Waals surface area contributed by atoms with Crippen molar-refractivity contribution in [3.05, 3.63) is 58.1 Å². The van der Waals surface area contributed by atoms with E-state index in [4.69, 9.17) is 9.15 Å². The molecule has 0 aliphatic carbocycles. The third-order valence-electron chi connectivity index (χ3n) is 2.99. The van der Waals surface area contributed by atoms with Gasteiger partial charge in [-0.2, -0.15) is 4.68 Å². The Labute approximate surface area is 134 Å². The maximum atomic E-state index is 13.4. The summed E-state index contributed by atoms with van der Waals surface area (Å²) in [7, 11) is 0. The number of rotatable bonds is 6. The first-order valence-corrected chi connectivity index (χ1v) is 7.68. The highest BCUT2D eigenvalue weighted by atomic mass is 32.1. The van der Waals surface area contributed by atoms with Crippen molar-refractivity contribution in [1.82, 2.24) is 9.78 Å². The van der Waals surface area contributed by atoms with E-state index < -0.39 is 17.7 Å². The number of nitrogens with zero attached hydrogens (tertiary/aromatic N) is 2. The first kappa shape index (κ1) is 15.4. The van der Waals surface area contributed by atoms with Crippen LogP contribution >= 0.6 is 11.3 Å². The van der Waals surface area contributed by atoms with Crippen molar-refractivity contribution in [2.45, 2.75) is 12.6 Å². The summed E-state index contributed by atoms with van der Waals surface area (Å²) in [5, 5.41) is 15.8. The molecule has 0 amide bonds. The van der Waals surface area contributed by atoms with Gasteiger partial charge in [-0.05, 0) is 23.6 Å². The third-order valence-corrected chi connectivity index (χ3v) is 3.85. The summed E-state index contributed by atoms with van der Waals surface area (Å²) in [5.74, 6) is -0.942. The summed E-state index contributed by atoms with van der Waals surface area (Å²) in [6.45, 7) is -0.281. The lowest BCUT2D eigenvalue weighted by Gasteiger charge is -2.11. The number of benzene rings is 1. The number of thiophene rings is 1. The van der Waals surface area contributed by atoms with Crippen LogP contribution in [0.15, 0.2) is 51.0 Å². The Bertz CT molecular complexity index is 828. The fourth-order valence-electron chi connectivity index (χ4n) is 1.92. The fourth-order valence-corrected chi connectivity index (χ4v) is 2.57. The standard InChI is InChI=1S/C15H13FN2O4S/c16-11-4-1-2-5-12(11)21-9-10(19)8-18-15(20)22-14(17-18)13-6-3-7-23-13/h1-7,10,19H,8-9H2/t10-/m1/s1. The van der Waals surface area contributed by atoms with E-state index in [9.17, 15) is 14.3 Å². The molecule has 6 nitrogen and oxygen atoms in total. The quantitative estimate of drug-likeness (QED) is 0.746. The molecule has 1 N–H and O–H groups in total. The van der Waals surface area contributed by atoms with Gasteiger partial charge >= 0.3 is 5.76 Å². The molecule has 3 aromatic rings. The maximum Gasteiger partial charge on any atom is 0.437 e. The summed E-state index contributed by atoms with van der Waals surface area (Å²) < 4.78 is 24.7. The van der Waals surface area contributed by atoms with Gasteiger partial charge in [0.05, 0.1) is 11.4 Å². The van der Waals surface area contributed by atoms with E-state index in [0.29, 0.717) is 0 Å². The zero-order chi connectivity index (χ0) is 16.2. The second-order valence-corrected chi connectivity index (χ2v) is 5.68. The van der Waals surface area contributed by atoms with Crippen molar-refractivity contribution < 1.29 is 18.7 Å². The molecule has 0 saturated heterocycles. The van der Waals surface area contributed by atoms with Crippen LogP contribution in [0.25, 0.3) is 10.8 Å². The number of para-hydroxylation sites is 1. The largest absolute Gasteiger partial charge is 0.488 e. The SMILES string of the molecule is O=c1oc(-c2cccs2)nn1C[C@@H](O)COc1ccccc1F. The van der Waals surface area contributed by atoms with E-state index >= 15 is 0 Å². The zero-order valence-corrected chi connectivity index (χ0v) is 12.7. The van der Waals surface area contributed by atoms with Crippen molar-refractivity contribution in [1.29, 1.82) is 0 Å². The van der Waals surface area contributed by atoms with Gasteiger partial charge in [0, 0.05) is 0 Å². The van der Waals surface area contributed by atoms with Crippen molar-refractivity contribution in [2.24, 2.45) is 0 Å². The van der Waals surface area contributed by atoms with E-state index in [1.54, 1.807) is 18.2 Å². The first-order valence-electron chi connectivity index (χ1n) is 6.80. The summed E-state index contributed by atoms with van der Waals surface area (Å²) in [6, 6.07) is 9.48. The molecule has 2 aromatic heterocycles. The molecular weight excluding hydrogens is 323 g/mol. The smallest absolute Gasteiger partial charge is 0.437 e. The van der Waals surface area contributed by atoms with Gasteiger partial charge in [0.25, 0.3) is 5.89 Å². The minimum absolute atomic E-state index is 0.0401. The second-order valence-electron chi connectivity index (χ2n) is 4.73. The van der Waals surface area contributed by atoms with E-state index in [-0.39, 0.29) is 24.8 Å². The molecule has 2 heterocycles. The number of aliphatic hydroxyl groups excluding tert-OH is 1. The topological polar surface area (TPSA) is 77.5 Å². The molecule has 0 unspecified atom stereocenters. The lowest BCUT2D eigenvalue weighted by Crippen LogP contribution is -2.29. The van der Waals surface area contributed by atoms with Gasteiger partial charge in [0.1, 0.15) is 12.7 Å². The van der Waals surface area contributed by atoms with Gasteiger partial charge in [0.2, 0.25) is 0 Å². The van der Waals surface area contributed by atoms with Crippen LogP contribution in [-0.4, -0.2) is 27.6 Å². The monoisotopic (exact) mass is 336 g/mol. The average Bonchev–Trinajstić information content (AvgIpc) is 3.17. The highest BCUT2D eigenvalue weighted by Crippen LogP contribution is 2.21. The Balaban J connectivity index is 1.63. The Morgan fingerprint density at radius 3 is 2.91 bits per heavy atom. The first-order chi connectivity index (χ1) is 11.1. The Morgan fingerprint density at radius 2 is 2.17 bits per heavy atom. The van der Waals surface area contributed by atoms with Crippen LogP contribution < -0.4 is 10.5 Å². The maximum absolute atomic E-state index is 13.4. The van der Waals surface area contributed by atoms with Crippen molar-refractivity contribution in [3.8, 4) is 16.5 Å². The predicted molar refractivity (Wildman–Crippen MR) is 82.0 cm³/mol. The molecule has 23 heavy (non-hydrogen) atoms. The number of hydrogen-bond donors (Lipinski definition) is 1. The molecule has 0 aliphatic rings. The molecular formula is C15H13FN2O4S. The molecule has 8 heteroatoms. The normalized spacial score (nSPS) is 12.3. The number of hydrogen-bond acceptors (Lipinski definition) is 6. The van der Waals surface area contributed by atoms with Crippen LogP contribution in [0.2, 0.25) is 0 Å². The number of aliphatic hydroxyl groups is 1. The lowest BCUT2D eigenvalue weighted by atomic mass is 10.3. The predicted octanol–water partition coefficient (Wildman–Crippen LogP) is 2.14. The molecule has 3 rings (SSSR count). The molecule has 1 aromatic carbocycles. The number of ether oxygens (including phenoxy) is 1. The minimum atomic E-state index is -1.03. The van der Waals surface area contributed by atoms with E-state index in [0.717, 1.165) is 9.56 Å². The highest BCUT2D eigenvalue weighted by molar-refractivity contribution is 7.13. The van der Waals surface area contributed by atoms with E-state index in [1.807, 2.05) is 11.4 Å². The summed E-state index contributed by atoms with van der Waals surface area (Å²) in [6.07, 6.45) is -1.03. The van der Waals surface area contributed by atoms with Crippen LogP contribution in [0, 0.1) is 5.82 Å². The summed E-state index contributed by atoms with van der Waals surface area (Å²) in [4.78, 5) is 12.4. The van der Waals surface area contributed by atoms with Gasteiger partial charge in [-0.1, -0.05) is 18.2 Å². The second kappa shape index (κ2) is 6.76. The van der Waals surface area contributed by atoms with Crippen LogP contribution in [0.4, 0.5) is 4.39 Å². The van der Waals surface area contributed by atoms with E-state index in [2.05, 4.69) is 5.10 Å². The van der Waals surface area contributed by atoms with Crippen molar-refractivity contribution in [2.75, 3.05) is 6.61 Å². The molecule has 0 aliphatic heterocycles. The summed E-state index contributed by atoms with van der Waals surface area (Å²) >= 11 is 1.39. The van der Waals surface area contributed by atoms with Crippen LogP contribution in [-0.2, 0) is 6.54 Å². The van der Waals surface area contributed by atoms with Gasteiger partial charge in [-0.3, -0.25) is 0 Å². The van der Waals surface area contributed by atoms with Crippen molar-refractivity contribution in [3.63, 3.8) is 0 Å². The average molecular weight is 336 g/mol. The van der Waals surface area contributed by atoms with E-state index in [1.165, 1.54) is 23.5 Å². The van der Waals surface area contributed by atoms with Crippen LogP contribution in [0.1, 0.15) is 0 Å². The Morgan fingerprint density at radius 1 is 1.35 bits per heavy atom. The molecule has 0 fully saturated rings. The number of aromatic nitrogens is 2. The van der Waals surface area contributed by atoms with Gasteiger partial charge < -0.3 is 14.3 Å². The minimum Gasteiger partial charge on any atom is -0.488 e.